The van der Waals surface area contributed by atoms with Gasteiger partial charge in [-0.25, -0.2) is 9.78 Å². The fourth-order valence-electron chi connectivity index (χ4n) is 3.89. The SMILES string of the molecule is O=C(NCc1ccccc1)N1CCN(Cc2nc3scc(-c4cccs4)c3c(=O)[nH]2)CC1. The van der Waals surface area contributed by atoms with E-state index in [9.17, 15) is 9.59 Å². The lowest BCUT2D eigenvalue weighted by molar-refractivity contribution is 0.133. The van der Waals surface area contributed by atoms with E-state index in [1.807, 2.05) is 58.1 Å². The number of urea groups is 1. The Kier molecular flexibility index (Phi) is 6.02. The summed E-state index contributed by atoms with van der Waals surface area (Å²) in [7, 11) is 0. The monoisotopic (exact) mass is 465 g/mol. The summed E-state index contributed by atoms with van der Waals surface area (Å²) in [5.74, 6) is 0.670. The van der Waals surface area contributed by atoms with Crippen LogP contribution in [0.4, 0.5) is 4.79 Å². The van der Waals surface area contributed by atoms with Crippen molar-refractivity contribution in [1.82, 2.24) is 25.1 Å². The van der Waals surface area contributed by atoms with Gasteiger partial charge in [-0.15, -0.1) is 22.7 Å². The Morgan fingerprint density at radius 1 is 1.06 bits per heavy atom. The Morgan fingerprint density at radius 2 is 1.88 bits per heavy atom. The minimum Gasteiger partial charge on any atom is -0.334 e. The summed E-state index contributed by atoms with van der Waals surface area (Å²) in [6.07, 6.45) is 0. The standard InChI is InChI=1S/C23H23N5O2S2/c29-21-20-17(18-7-4-12-31-18)15-32-22(20)26-19(25-21)14-27-8-10-28(11-9-27)23(30)24-13-16-5-2-1-3-6-16/h1-7,12,15H,8-11,13-14H2,(H,24,30)(H,25,26,29). The maximum atomic E-state index is 12.8. The molecule has 1 saturated heterocycles. The third kappa shape index (κ3) is 4.45. The molecule has 1 aliphatic rings. The largest absolute Gasteiger partial charge is 0.334 e. The van der Waals surface area contributed by atoms with Crippen LogP contribution in [0.25, 0.3) is 20.7 Å². The second-order valence-corrected chi connectivity index (χ2v) is 9.53. The van der Waals surface area contributed by atoms with Gasteiger partial charge in [0, 0.05) is 48.5 Å². The average molecular weight is 466 g/mol. The number of amides is 2. The molecule has 2 N–H and O–H groups in total. The summed E-state index contributed by atoms with van der Waals surface area (Å²) in [5.41, 5.74) is 1.95. The highest BCUT2D eigenvalue weighted by Crippen LogP contribution is 2.33. The van der Waals surface area contributed by atoms with Crippen LogP contribution < -0.4 is 10.9 Å². The van der Waals surface area contributed by atoms with Gasteiger partial charge in [0.05, 0.1) is 11.9 Å². The van der Waals surface area contributed by atoms with Crippen LogP contribution in [0, 0.1) is 0 Å². The van der Waals surface area contributed by atoms with E-state index >= 15 is 0 Å². The smallest absolute Gasteiger partial charge is 0.317 e. The van der Waals surface area contributed by atoms with Crippen molar-refractivity contribution in [3.8, 4) is 10.4 Å². The van der Waals surface area contributed by atoms with Gasteiger partial charge in [-0.05, 0) is 17.0 Å². The number of nitrogens with one attached hydrogen (secondary N) is 2. The van der Waals surface area contributed by atoms with E-state index in [4.69, 9.17) is 4.98 Å². The van der Waals surface area contributed by atoms with Crippen molar-refractivity contribution in [2.75, 3.05) is 26.2 Å². The van der Waals surface area contributed by atoms with Crippen LogP contribution in [0.3, 0.4) is 0 Å². The number of hydrogen-bond acceptors (Lipinski definition) is 6. The minimum absolute atomic E-state index is 0.0406. The van der Waals surface area contributed by atoms with Gasteiger partial charge in [-0.1, -0.05) is 36.4 Å². The molecule has 0 aliphatic carbocycles. The minimum atomic E-state index is -0.0893. The summed E-state index contributed by atoms with van der Waals surface area (Å²) in [6, 6.07) is 13.9. The van der Waals surface area contributed by atoms with Gasteiger partial charge < -0.3 is 15.2 Å². The maximum Gasteiger partial charge on any atom is 0.317 e. The van der Waals surface area contributed by atoms with E-state index in [2.05, 4.69) is 15.2 Å². The Hall–Kier alpha value is -3.01. The van der Waals surface area contributed by atoms with Crippen LogP contribution in [0.2, 0.25) is 0 Å². The van der Waals surface area contributed by atoms with Crippen molar-refractivity contribution >= 4 is 38.9 Å². The molecule has 0 spiro atoms. The maximum absolute atomic E-state index is 12.8. The molecule has 1 aromatic carbocycles. The molecule has 9 heteroatoms. The van der Waals surface area contributed by atoms with Gasteiger partial charge in [0.2, 0.25) is 0 Å². The molecular weight excluding hydrogens is 442 g/mol. The molecule has 0 saturated carbocycles. The van der Waals surface area contributed by atoms with Crippen molar-refractivity contribution in [2.24, 2.45) is 0 Å². The van der Waals surface area contributed by atoms with Crippen molar-refractivity contribution in [3.05, 3.63) is 75.0 Å². The van der Waals surface area contributed by atoms with E-state index in [1.54, 1.807) is 11.3 Å². The van der Waals surface area contributed by atoms with Gasteiger partial charge in [0.15, 0.2) is 0 Å². The average Bonchev–Trinajstić information content (AvgIpc) is 3.49. The van der Waals surface area contributed by atoms with E-state index in [1.165, 1.54) is 11.3 Å². The Morgan fingerprint density at radius 3 is 2.62 bits per heavy atom. The molecule has 0 atom stereocenters. The first-order valence-electron chi connectivity index (χ1n) is 10.5. The molecule has 32 heavy (non-hydrogen) atoms. The molecule has 3 aromatic heterocycles. The highest BCUT2D eigenvalue weighted by molar-refractivity contribution is 7.18. The van der Waals surface area contributed by atoms with Gasteiger partial charge in [-0.2, -0.15) is 0 Å². The number of hydrogen-bond donors (Lipinski definition) is 2. The number of aromatic amines is 1. The van der Waals surface area contributed by atoms with Gasteiger partial charge in [0.25, 0.3) is 5.56 Å². The van der Waals surface area contributed by atoms with Gasteiger partial charge >= 0.3 is 6.03 Å². The summed E-state index contributed by atoms with van der Waals surface area (Å²) in [6.45, 7) is 3.87. The second kappa shape index (κ2) is 9.23. The zero-order chi connectivity index (χ0) is 21.9. The van der Waals surface area contributed by atoms with Gasteiger partial charge in [-0.3, -0.25) is 9.69 Å². The number of fused-ring (bicyclic) bond motifs is 1. The molecule has 2 amide bonds. The Labute approximate surface area is 193 Å². The number of aromatic nitrogens is 2. The van der Waals surface area contributed by atoms with E-state index < -0.39 is 0 Å². The number of nitrogens with zero attached hydrogens (tertiary/aromatic N) is 3. The lowest BCUT2D eigenvalue weighted by Crippen LogP contribution is -2.51. The van der Waals surface area contributed by atoms with E-state index in [0.29, 0.717) is 37.4 Å². The summed E-state index contributed by atoms with van der Waals surface area (Å²) in [4.78, 5) is 38.8. The number of benzene rings is 1. The van der Waals surface area contributed by atoms with Crippen molar-refractivity contribution in [1.29, 1.82) is 0 Å². The predicted molar refractivity (Wildman–Crippen MR) is 129 cm³/mol. The number of thiophene rings is 2. The highest BCUT2D eigenvalue weighted by Gasteiger charge is 2.22. The zero-order valence-electron chi connectivity index (χ0n) is 17.4. The number of piperazine rings is 1. The topological polar surface area (TPSA) is 81.3 Å². The van der Waals surface area contributed by atoms with E-state index in [-0.39, 0.29) is 11.6 Å². The molecule has 0 radical (unpaired) electrons. The number of carbonyl (C=O) groups is 1. The number of carbonyl (C=O) groups excluding carboxylic acids is 1. The summed E-state index contributed by atoms with van der Waals surface area (Å²) >= 11 is 3.13. The first-order valence-corrected chi connectivity index (χ1v) is 12.3. The van der Waals surface area contributed by atoms with Crippen molar-refractivity contribution in [2.45, 2.75) is 13.1 Å². The first-order chi connectivity index (χ1) is 15.7. The molecule has 164 valence electrons. The molecule has 1 fully saturated rings. The Balaban J connectivity index is 1.19. The normalized spacial score (nSPS) is 14.7. The third-order valence-corrected chi connectivity index (χ3v) is 7.37. The molecule has 1 aliphatic heterocycles. The van der Waals surface area contributed by atoms with Crippen LogP contribution in [0.1, 0.15) is 11.4 Å². The second-order valence-electron chi connectivity index (χ2n) is 7.73. The summed E-state index contributed by atoms with van der Waals surface area (Å²) < 4.78 is 0. The van der Waals surface area contributed by atoms with Crippen LogP contribution in [-0.2, 0) is 13.1 Å². The molecule has 4 aromatic rings. The van der Waals surface area contributed by atoms with E-state index in [0.717, 1.165) is 33.9 Å². The number of rotatable bonds is 5. The molecule has 0 bridgehead atoms. The quantitative estimate of drug-likeness (QED) is 0.471. The fourth-order valence-corrected chi connectivity index (χ4v) is 5.67. The molecular formula is C23H23N5O2S2. The van der Waals surface area contributed by atoms with Crippen LogP contribution in [0.15, 0.2) is 58.0 Å². The zero-order valence-corrected chi connectivity index (χ0v) is 19.0. The summed E-state index contributed by atoms with van der Waals surface area (Å²) in [5, 5.41) is 7.67. The van der Waals surface area contributed by atoms with Crippen LogP contribution in [0.5, 0.6) is 0 Å². The first kappa shape index (κ1) is 20.9. The molecule has 4 heterocycles. The number of H-pyrrole nitrogens is 1. The highest BCUT2D eigenvalue weighted by atomic mass is 32.1. The van der Waals surface area contributed by atoms with Crippen molar-refractivity contribution < 1.29 is 4.79 Å². The predicted octanol–water partition coefficient (Wildman–Crippen LogP) is 3.74. The van der Waals surface area contributed by atoms with Crippen LogP contribution >= 0.6 is 22.7 Å². The van der Waals surface area contributed by atoms with Crippen LogP contribution in [-0.4, -0.2) is 52.0 Å². The third-order valence-electron chi connectivity index (χ3n) is 5.60. The molecule has 0 unspecified atom stereocenters. The van der Waals surface area contributed by atoms with Crippen molar-refractivity contribution in [3.63, 3.8) is 0 Å². The molecule has 5 rings (SSSR count). The fraction of sp³-hybridized carbons (Fsp3) is 0.261. The lowest BCUT2D eigenvalue weighted by atomic mass is 10.2. The Bertz CT molecular complexity index is 1260. The van der Waals surface area contributed by atoms with Gasteiger partial charge in [0.1, 0.15) is 10.7 Å². The lowest BCUT2D eigenvalue weighted by Gasteiger charge is -2.34. The molecule has 7 nitrogen and oxygen atoms in total.